The largest absolute Gasteiger partial charge is 0.490 e. The lowest BCUT2D eigenvalue weighted by molar-refractivity contribution is 0.418. The third-order valence-corrected chi connectivity index (χ3v) is 4.00. The van der Waals surface area contributed by atoms with Crippen LogP contribution in [0.15, 0.2) is 17.5 Å². The van der Waals surface area contributed by atoms with Crippen LogP contribution in [0.5, 0.6) is 5.75 Å². The van der Waals surface area contributed by atoms with Gasteiger partial charge in [-0.25, -0.2) is 0 Å². The minimum Gasteiger partial charge on any atom is -0.490 e. The van der Waals surface area contributed by atoms with Crippen molar-refractivity contribution in [3.05, 3.63) is 22.4 Å². The van der Waals surface area contributed by atoms with Gasteiger partial charge in [0.15, 0.2) is 16.6 Å². The number of rotatable bonds is 4. The lowest BCUT2D eigenvalue weighted by atomic mass is 10.4. The molecule has 2 N–H and O–H groups in total. The lowest BCUT2D eigenvalue weighted by Crippen LogP contribution is -2.15. The molecule has 4 nitrogen and oxygen atoms in total. The second-order valence-corrected chi connectivity index (χ2v) is 5.13. The molecule has 0 radical (unpaired) electrons. The van der Waals surface area contributed by atoms with E-state index in [1.807, 2.05) is 13.1 Å². The molecule has 2 rings (SSSR count). The number of nitrogens with zero attached hydrogens (tertiary/aromatic N) is 2. The number of anilines is 2. The first-order valence-electron chi connectivity index (χ1n) is 4.75. The van der Waals surface area contributed by atoms with Crippen LogP contribution in [0.25, 0.3) is 0 Å². The molecule has 0 aromatic carbocycles. The van der Waals surface area contributed by atoms with Gasteiger partial charge >= 0.3 is 0 Å². The second-order valence-electron chi connectivity index (χ2n) is 3.34. The van der Waals surface area contributed by atoms with Crippen LogP contribution in [0.3, 0.4) is 0 Å². The van der Waals surface area contributed by atoms with Gasteiger partial charge in [-0.3, -0.25) is 0 Å². The average molecular weight is 255 g/mol. The molecular weight excluding hydrogens is 242 g/mol. The highest BCUT2D eigenvalue weighted by Crippen LogP contribution is 2.37. The van der Waals surface area contributed by atoms with Gasteiger partial charge < -0.3 is 15.4 Å². The molecular formula is C10H13N3OS2. The number of aromatic nitrogens is 1. The molecule has 0 fully saturated rings. The Balaban J connectivity index is 2.17. The van der Waals surface area contributed by atoms with Crippen molar-refractivity contribution in [1.29, 1.82) is 0 Å². The van der Waals surface area contributed by atoms with Crippen molar-refractivity contribution in [2.45, 2.75) is 6.54 Å². The van der Waals surface area contributed by atoms with Crippen LogP contribution < -0.4 is 15.4 Å². The molecule has 0 saturated carbocycles. The fraction of sp³-hybridized carbons (Fsp3) is 0.300. The number of nitrogens with two attached hydrogens (primary N) is 1. The summed E-state index contributed by atoms with van der Waals surface area (Å²) < 4.78 is 9.34. The third-order valence-electron chi connectivity index (χ3n) is 2.18. The van der Waals surface area contributed by atoms with Crippen LogP contribution in [0.4, 0.5) is 10.8 Å². The minimum atomic E-state index is 0.459. The fourth-order valence-electron chi connectivity index (χ4n) is 1.43. The maximum absolute atomic E-state index is 5.71. The SMILES string of the molecule is COc1c(N)nsc1N(C)Cc1cccs1. The van der Waals surface area contributed by atoms with Crippen LogP contribution in [0, 0.1) is 0 Å². The van der Waals surface area contributed by atoms with Crippen molar-refractivity contribution < 1.29 is 4.74 Å². The predicted octanol–water partition coefficient (Wildman–Crippen LogP) is 2.43. The molecule has 6 heteroatoms. The van der Waals surface area contributed by atoms with Crippen molar-refractivity contribution >= 4 is 33.7 Å². The minimum absolute atomic E-state index is 0.459. The smallest absolute Gasteiger partial charge is 0.197 e. The highest BCUT2D eigenvalue weighted by Gasteiger charge is 2.16. The van der Waals surface area contributed by atoms with Gasteiger partial charge in [-0.1, -0.05) is 6.07 Å². The average Bonchev–Trinajstić information content (AvgIpc) is 2.87. The van der Waals surface area contributed by atoms with Gasteiger partial charge in [0.2, 0.25) is 0 Å². The zero-order chi connectivity index (χ0) is 11.5. The quantitative estimate of drug-likeness (QED) is 0.911. The second kappa shape index (κ2) is 4.71. The fourth-order valence-corrected chi connectivity index (χ4v) is 2.93. The third kappa shape index (κ3) is 2.12. The zero-order valence-corrected chi connectivity index (χ0v) is 10.8. The van der Waals surface area contributed by atoms with Gasteiger partial charge in [-0.05, 0) is 23.0 Å². The molecule has 2 aromatic heterocycles. The summed E-state index contributed by atoms with van der Waals surface area (Å²) in [6.45, 7) is 0.843. The van der Waals surface area contributed by atoms with E-state index in [4.69, 9.17) is 10.5 Å². The number of hydrogen-bond acceptors (Lipinski definition) is 6. The summed E-state index contributed by atoms with van der Waals surface area (Å²) in [6, 6.07) is 4.16. The summed E-state index contributed by atoms with van der Waals surface area (Å²) in [5.41, 5.74) is 5.71. The summed E-state index contributed by atoms with van der Waals surface area (Å²) in [5.74, 6) is 1.13. The maximum atomic E-state index is 5.71. The molecule has 0 spiro atoms. The maximum Gasteiger partial charge on any atom is 0.197 e. The van der Waals surface area contributed by atoms with E-state index in [-0.39, 0.29) is 0 Å². The van der Waals surface area contributed by atoms with Crippen molar-refractivity contribution in [2.75, 3.05) is 24.8 Å². The zero-order valence-electron chi connectivity index (χ0n) is 9.14. The summed E-state index contributed by atoms with van der Waals surface area (Å²) in [6.07, 6.45) is 0. The van der Waals surface area contributed by atoms with Gasteiger partial charge in [-0.2, -0.15) is 4.37 Å². The first-order valence-corrected chi connectivity index (χ1v) is 6.40. The van der Waals surface area contributed by atoms with E-state index in [2.05, 4.69) is 20.7 Å². The van der Waals surface area contributed by atoms with Gasteiger partial charge in [0, 0.05) is 11.9 Å². The number of thiophene rings is 1. The number of nitrogen functional groups attached to an aromatic ring is 1. The molecule has 0 atom stereocenters. The summed E-state index contributed by atoms with van der Waals surface area (Å²) in [5, 5.41) is 3.04. The molecule has 0 aliphatic rings. The van der Waals surface area contributed by atoms with Crippen LogP contribution in [0.1, 0.15) is 4.88 Å². The molecule has 2 aromatic rings. The summed E-state index contributed by atoms with van der Waals surface area (Å²) >= 11 is 3.10. The molecule has 0 bridgehead atoms. The number of methoxy groups -OCH3 is 1. The first-order chi connectivity index (χ1) is 7.72. The number of ether oxygens (including phenoxy) is 1. The molecule has 0 aliphatic carbocycles. The van der Waals surface area contributed by atoms with Crippen LogP contribution in [-0.4, -0.2) is 18.5 Å². The standard InChI is InChI=1S/C10H13N3OS2/c1-13(6-7-4-3-5-15-7)10-8(14-2)9(11)12-16-10/h3-5H,6H2,1-2H3,(H2,11,12). The van der Waals surface area contributed by atoms with E-state index < -0.39 is 0 Å². The van der Waals surface area contributed by atoms with E-state index in [1.54, 1.807) is 18.4 Å². The Morgan fingerprint density at radius 2 is 2.38 bits per heavy atom. The van der Waals surface area contributed by atoms with Crippen LogP contribution in [0.2, 0.25) is 0 Å². The first kappa shape index (κ1) is 11.2. The van der Waals surface area contributed by atoms with E-state index in [0.29, 0.717) is 11.6 Å². The Bertz CT molecular complexity index is 453. The van der Waals surface area contributed by atoms with Gasteiger partial charge in [0.05, 0.1) is 13.7 Å². The number of hydrogen-bond donors (Lipinski definition) is 1. The molecule has 0 amide bonds. The Kier molecular flexibility index (Phi) is 3.31. The highest BCUT2D eigenvalue weighted by atomic mass is 32.1. The molecule has 16 heavy (non-hydrogen) atoms. The van der Waals surface area contributed by atoms with E-state index in [9.17, 15) is 0 Å². The molecule has 0 saturated heterocycles. The monoisotopic (exact) mass is 255 g/mol. The Morgan fingerprint density at radius 1 is 1.56 bits per heavy atom. The van der Waals surface area contributed by atoms with Crippen molar-refractivity contribution in [2.24, 2.45) is 0 Å². The molecule has 0 aliphatic heterocycles. The van der Waals surface area contributed by atoms with E-state index in [0.717, 1.165) is 11.5 Å². The van der Waals surface area contributed by atoms with Crippen molar-refractivity contribution in [1.82, 2.24) is 4.37 Å². The molecule has 86 valence electrons. The molecule has 0 unspecified atom stereocenters. The van der Waals surface area contributed by atoms with Gasteiger partial charge in [0.1, 0.15) is 0 Å². The predicted molar refractivity (Wildman–Crippen MR) is 69.5 cm³/mol. The van der Waals surface area contributed by atoms with Crippen molar-refractivity contribution in [3.63, 3.8) is 0 Å². The van der Waals surface area contributed by atoms with Gasteiger partial charge in [0.25, 0.3) is 0 Å². The normalized spacial score (nSPS) is 10.4. The van der Waals surface area contributed by atoms with E-state index >= 15 is 0 Å². The highest BCUT2D eigenvalue weighted by molar-refractivity contribution is 7.11. The summed E-state index contributed by atoms with van der Waals surface area (Å²) in [7, 11) is 3.62. The topological polar surface area (TPSA) is 51.4 Å². The molecule has 2 heterocycles. The van der Waals surface area contributed by atoms with Crippen LogP contribution in [-0.2, 0) is 6.54 Å². The Morgan fingerprint density at radius 3 is 3.00 bits per heavy atom. The van der Waals surface area contributed by atoms with Crippen LogP contribution >= 0.6 is 22.9 Å². The van der Waals surface area contributed by atoms with Gasteiger partial charge in [-0.15, -0.1) is 11.3 Å². The van der Waals surface area contributed by atoms with E-state index in [1.165, 1.54) is 16.4 Å². The lowest BCUT2D eigenvalue weighted by Gasteiger charge is -2.16. The summed E-state index contributed by atoms with van der Waals surface area (Å²) in [4.78, 5) is 3.40. The Labute approximate surface area is 102 Å². The Hall–Kier alpha value is -1.27. The van der Waals surface area contributed by atoms with Crippen molar-refractivity contribution in [3.8, 4) is 5.75 Å².